The number of carbonyl (C=O) groups excluding carboxylic acids is 2. The van der Waals surface area contributed by atoms with Crippen molar-refractivity contribution in [3.05, 3.63) is 71.8 Å². The summed E-state index contributed by atoms with van der Waals surface area (Å²) in [7, 11) is 0. The predicted molar refractivity (Wildman–Crippen MR) is 76.5 cm³/mol. The summed E-state index contributed by atoms with van der Waals surface area (Å²) in [6, 6.07) is 18.4. The van der Waals surface area contributed by atoms with Crippen molar-refractivity contribution in [3.63, 3.8) is 0 Å². The molecule has 0 bridgehead atoms. The van der Waals surface area contributed by atoms with Crippen LogP contribution in [0.3, 0.4) is 0 Å². The van der Waals surface area contributed by atoms with Crippen molar-refractivity contribution < 1.29 is 14.3 Å². The van der Waals surface area contributed by atoms with E-state index in [1.807, 2.05) is 36.4 Å². The van der Waals surface area contributed by atoms with E-state index in [9.17, 15) is 9.59 Å². The molecule has 0 radical (unpaired) electrons. The Labute approximate surface area is 118 Å². The van der Waals surface area contributed by atoms with Crippen LogP contribution in [0.4, 0.5) is 0 Å². The summed E-state index contributed by atoms with van der Waals surface area (Å²) in [4.78, 5) is 23.6. The molecule has 1 atom stereocenters. The molecule has 0 fully saturated rings. The molecule has 0 saturated heterocycles. The highest BCUT2D eigenvalue weighted by atomic mass is 16.5. The second-order valence-electron chi connectivity index (χ2n) is 4.52. The number of rotatable bonds is 5. The molecule has 0 unspecified atom stereocenters. The minimum absolute atomic E-state index is 0.176. The van der Waals surface area contributed by atoms with Gasteiger partial charge in [-0.15, -0.1) is 0 Å². The quantitative estimate of drug-likeness (QED) is 0.618. The number of benzene rings is 2. The van der Waals surface area contributed by atoms with E-state index in [0.29, 0.717) is 12.0 Å². The zero-order valence-electron chi connectivity index (χ0n) is 11.3. The summed E-state index contributed by atoms with van der Waals surface area (Å²) in [5, 5.41) is 0. The molecule has 0 aliphatic heterocycles. The zero-order chi connectivity index (χ0) is 14.4. The minimum atomic E-state index is -0.780. The third-order valence-corrected chi connectivity index (χ3v) is 2.92. The first kappa shape index (κ1) is 14.0. The van der Waals surface area contributed by atoms with Gasteiger partial charge in [-0.1, -0.05) is 60.7 Å². The Bertz CT molecular complexity index is 576. The van der Waals surface area contributed by atoms with E-state index in [4.69, 9.17) is 4.74 Å². The molecule has 0 aliphatic carbocycles. The van der Waals surface area contributed by atoms with Gasteiger partial charge in [-0.05, 0) is 5.56 Å². The van der Waals surface area contributed by atoms with E-state index in [1.165, 1.54) is 6.92 Å². The molecule has 0 spiro atoms. The highest BCUT2D eigenvalue weighted by Crippen LogP contribution is 2.12. The van der Waals surface area contributed by atoms with Gasteiger partial charge in [-0.25, -0.2) is 0 Å². The molecule has 102 valence electrons. The Balaban J connectivity index is 2.19. The SMILES string of the molecule is CC(=O)O[C@@H](Cc1ccccc1)C(=O)c1ccccc1. The number of carbonyl (C=O) groups is 2. The molecule has 0 heterocycles. The van der Waals surface area contributed by atoms with Crippen LogP contribution < -0.4 is 0 Å². The minimum Gasteiger partial charge on any atom is -0.454 e. The van der Waals surface area contributed by atoms with Crippen LogP contribution in [-0.4, -0.2) is 17.9 Å². The van der Waals surface area contributed by atoms with Crippen LogP contribution in [0.25, 0.3) is 0 Å². The van der Waals surface area contributed by atoms with E-state index in [-0.39, 0.29) is 5.78 Å². The Hall–Kier alpha value is -2.42. The van der Waals surface area contributed by atoms with Gasteiger partial charge >= 0.3 is 5.97 Å². The standard InChI is InChI=1S/C17H16O3/c1-13(18)20-16(12-14-8-4-2-5-9-14)17(19)15-10-6-3-7-11-15/h2-11,16H,12H2,1H3/t16-/m0/s1. The zero-order valence-corrected chi connectivity index (χ0v) is 11.3. The van der Waals surface area contributed by atoms with Crippen LogP contribution in [0.15, 0.2) is 60.7 Å². The lowest BCUT2D eigenvalue weighted by Crippen LogP contribution is -2.28. The Morgan fingerprint density at radius 1 is 0.950 bits per heavy atom. The fourth-order valence-electron chi connectivity index (χ4n) is 2.00. The van der Waals surface area contributed by atoms with Gasteiger partial charge in [-0.3, -0.25) is 9.59 Å². The van der Waals surface area contributed by atoms with Gasteiger partial charge in [0.15, 0.2) is 6.10 Å². The fourth-order valence-corrected chi connectivity index (χ4v) is 2.00. The number of ether oxygens (including phenoxy) is 1. The summed E-state index contributed by atoms with van der Waals surface area (Å²) in [5.74, 6) is -0.625. The number of Topliss-reactive ketones (excluding diaryl/α,β-unsaturated/α-hetero) is 1. The average molecular weight is 268 g/mol. The maximum absolute atomic E-state index is 12.4. The lowest BCUT2D eigenvalue weighted by Gasteiger charge is -2.16. The summed E-state index contributed by atoms with van der Waals surface area (Å²) < 4.78 is 5.18. The number of hydrogen-bond acceptors (Lipinski definition) is 3. The first-order valence-electron chi connectivity index (χ1n) is 6.47. The third-order valence-electron chi connectivity index (χ3n) is 2.92. The maximum atomic E-state index is 12.4. The maximum Gasteiger partial charge on any atom is 0.303 e. The molecule has 0 aromatic heterocycles. The second-order valence-corrected chi connectivity index (χ2v) is 4.52. The third kappa shape index (κ3) is 3.79. The molecule has 0 amide bonds. The Kier molecular flexibility index (Phi) is 4.66. The van der Waals surface area contributed by atoms with Gasteiger partial charge in [0.05, 0.1) is 0 Å². The highest BCUT2D eigenvalue weighted by molar-refractivity contribution is 6.00. The number of esters is 1. The normalized spacial score (nSPS) is 11.7. The van der Waals surface area contributed by atoms with E-state index < -0.39 is 12.1 Å². The van der Waals surface area contributed by atoms with Gasteiger partial charge in [0.25, 0.3) is 0 Å². The predicted octanol–water partition coefficient (Wildman–Crippen LogP) is 3.04. The van der Waals surface area contributed by atoms with Crippen LogP contribution in [0, 0.1) is 0 Å². The summed E-state index contributed by atoms with van der Waals surface area (Å²) in [6.07, 6.45) is -0.397. The smallest absolute Gasteiger partial charge is 0.303 e. The molecule has 0 N–H and O–H groups in total. The van der Waals surface area contributed by atoms with Gasteiger partial charge in [0.1, 0.15) is 0 Å². The lowest BCUT2D eigenvalue weighted by atomic mass is 10.00. The molecular formula is C17H16O3. The van der Waals surface area contributed by atoms with Crippen molar-refractivity contribution in [1.29, 1.82) is 0 Å². The molecule has 0 saturated carbocycles. The van der Waals surface area contributed by atoms with E-state index in [1.54, 1.807) is 24.3 Å². The van der Waals surface area contributed by atoms with Crippen molar-refractivity contribution >= 4 is 11.8 Å². The topological polar surface area (TPSA) is 43.4 Å². The molecule has 0 aliphatic rings. The lowest BCUT2D eigenvalue weighted by molar-refractivity contribution is -0.144. The van der Waals surface area contributed by atoms with Crippen molar-refractivity contribution in [3.8, 4) is 0 Å². The summed E-state index contributed by atoms with van der Waals surface area (Å²) in [5.41, 5.74) is 1.51. The first-order chi connectivity index (χ1) is 9.66. The molecule has 3 nitrogen and oxygen atoms in total. The van der Waals surface area contributed by atoms with Crippen molar-refractivity contribution in [2.75, 3.05) is 0 Å². The van der Waals surface area contributed by atoms with Crippen LogP contribution in [0.5, 0.6) is 0 Å². The van der Waals surface area contributed by atoms with Gasteiger partial charge in [-0.2, -0.15) is 0 Å². The monoisotopic (exact) mass is 268 g/mol. The van der Waals surface area contributed by atoms with Crippen LogP contribution in [0.1, 0.15) is 22.8 Å². The van der Waals surface area contributed by atoms with Gasteiger partial charge in [0, 0.05) is 18.9 Å². The molecule has 2 rings (SSSR count). The van der Waals surface area contributed by atoms with E-state index in [0.717, 1.165) is 5.56 Å². The van der Waals surface area contributed by atoms with Crippen LogP contribution in [-0.2, 0) is 16.0 Å². The number of hydrogen-bond donors (Lipinski definition) is 0. The molecular weight excluding hydrogens is 252 g/mol. The van der Waals surface area contributed by atoms with E-state index in [2.05, 4.69) is 0 Å². The summed E-state index contributed by atoms with van der Waals surface area (Å²) >= 11 is 0. The van der Waals surface area contributed by atoms with E-state index >= 15 is 0 Å². The summed E-state index contributed by atoms with van der Waals surface area (Å²) in [6.45, 7) is 1.32. The second kappa shape index (κ2) is 6.66. The molecule has 3 heteroatoms. The molecule has 2 aromatic carbocycles. The largest absolute Gasteiger partial charge is 0.454 e. The molecule has 20 heavy (non-hydrogen) atoms. The fraction of sp³-hybridized carbons (Fsp3) is 0.176. The van der Waals surface area contributed by atoms with Gasteiger partial charge < -0.3 is 4.74 Å². The highest BCUT2D eigenvalue weighted by Gasteiger charge is 2.23. The Morgan fingerprint density at radius 2 is 1.50 bits per heavy atom. The van der Waals surface area contributed by atoms with Gasteiger partial charge in [0.2, 0.25) is 5.78 Å². The molecule has 2 aromatic rings. The Morgan fingerprint density at radius 3 is 2.05 bits per heavy atom. The average Bonchev–Trinajstić information content (AvgIpc) is 2.47. The van der Waals surface area contributed by atoms with Crippen LogP contribution >= 0.6 is 0 Å². The van der Waals surface area contributed by atoms with Crippen molar-refractivity contribution in [2.45, 2.75) is 19.4 Å². The first-order valence-corrected chi connectivity index (χ1v) is 6.47. The van der Waals surface area contributed by atoms with Crippen molar-refractivity contribution in [2.24, 2.45) is 0 Å². The van der Waals surface area contributed by atoms with Crippen molar-refractivity contribution in [1.82, 2.24) is 0 Å². The number of ketones is 1. The van der Waals surface area contributed by atoms with Crippen LogP contribution in [0.2, 0.25) is 0 Å².